The maximum Gasteiger partial charge on any atom is 0.416 e. The van der Waals surface area contributed by atoms with Crippen molar-refractivity contribution in [3.8, 4) is 11.4 Å². The van der Waals surface area contributed by atoms with Crippen molar-refractivity contribution in [1.29, 1.82) is 0 Å². The van der Waals surface area contributed by atoms with Gasteiger partial charge in [-0.15, -0.1) is 0 Å². The zero-order valence-electron chi connectivity index (χ0n) is 10.4. The van der Waals surface area contributed by atoms with Crippen molar-refractivity contribution in [2.75, 3.05) is 11.5 Å². The van der Waals surface area contributed by atoms with Crippen molar-refractivity contribution >= 4 is 22.7 Å². The minimum absolute atomic E-state index is 0.127. The number of halogens is 3. The van der Waals surface area contributed by atoms with Crippen LogP contribution in [0, 0.1) is 0 Å². The van der Waals surface area contributed by atoms with Crippen LogP contribution in [0.1, 0.15) is 5.56 Å². The summed E-state index contributed by atoms with van der Waals surface area (Å²) in [6.07, 6.45) is -3.24. The van der Waals surface area contributed by atoms with E-state index in [4.69, 9.17) is 11.5 Å². The van der Waals surface area contributed by atoms with Gasteiger partial charge in [0.05, 0.1) is 5.56 Å². The van der Waals surface area contributed by atoms with E-state index >= 15 is 0 Å². The number of fused-ring (bicyclic) bond motifs is 1. The Morgan fingerprint density at radius 2 is 1.86 bits per heavy atom. The third-order valence-corrected chi connectivity index (χ3v) is 2.95. The quantitative estimate of drug-likeness (QED) is 0.596. The van der Waals surface area contributed by atoms with Gasteiger partial charge in [0.15, 0.2) is 11.5 Å². The standard InChI is InChI=1S/C12H9F3N6/c13-12(14,15)5-1-2-7(16)6(3-5)10-20-8-9(17)18-4-19-11(8)21-10/h1-4H,16H2,(H3,17,18,19,20,21). The highest BCUT2D eigenvalue weighted by Crippen LogP contribution is 2.34. The van der Waals surface area contributed by atoms with Crippen molar-refractivity contribution in [3.05, 3.63) is 30.1 Å². The number of nitrogens with two attached hydrogens (primary N) is 2. The molecule has 2 aromatic heterocycles. The average Bonchev–Trinajstić information content (AvgIpc) is 2.83. The highest BCUT2D eigenvalue weighted by molar-refractivity contribution is 5.86. The molecule has 0 fully saturated rings. The molecule has 6 nitrogen and oxygen atoms in total. The molecule has 1 aromatic carbocycles. The molecular formula is C12H9F3N6. The molecule has 21 heavy (non-hydrogen) atoms. The van der Waals surface area contributed by atoms with Crippen LogP contribution in [-0.2, 0) is 6.18 Å². The van der Waals surface area contributed by atoms with Crippen LogP contribution in [0.2, 0.25) is 0 Å². The number of nitrogens with one attached hydrogen (secondary N) is 1. The summed E-state index contributed by atoms with van der Waals surface area (Å²) < 4.78 is 38.3. The van der Waals surface area contributed by atoms with Crippen LogP contribution in [0.25, 0.3) is 22.6 Å². The number of hydrogen-bond acceptors (Lipinski definition) is 5. The number of nitrogen functional groups attached to an aromatic ring is 2. The van der Waals surface area contributed by atoms with E-state index in [-0.39, 0.29) is 28.5 Å². The summed E-state index contributed by atoms with van der Waals surface area (Å²) >= 11 is 0. The molecule has 5 N–H and O–H groups in total. The summed E-state index contributed by atoms with van der Waals surface area (Å²) in [5, 5.41) is 0. The van der Waals surface area contributed by atoms with Crippen molar-refractivity contribution in [3.63, 3.8) is 0 Å². The van der Waals surface area contributed by atoms with Crippen molar-refractivity contribution in [2.24, 2.45) is 0 Å². The Balaban J connectivity index is 2.20. The van der Waals surface area contributed by atoms with Crippen LogP contribution in [0.5, 0.6) is 0 Å². The first-order valence-corrected chi connectivity index (χ1v) is 5.79. The van der Waals surface area contributed by atoms with Gasteiger partial charge in [-0.05, 0) is 18.2 Å². The Hall–Kier alpha value is -2.84. The highest BCUT2D eigenvalue weighted by Gasteiger charge is 2.31. The topological polar surface area (TPSA) is 106 Å². The molecule has 0 unspecified atom stereocenters. The van der Waals surface area contributed by atoms with Gasteiger partial charge in [0, 0.05) is 11.3 Å². The van der Waals surface area contributed by atoms with Crippen LogP contribution < -0.4 is 11.5 Å². The third-order valence-electron chi connectivity index (χ3n) is 2.95. The number of anilines is 2. The summed E-state index contributed by atoms with van der Waals surface area (Å²) in [7, 11) is 0. The van der Waals surface area contributed by atoms with Crippen LogP contribution in [0.4, 0.5) is 24.7 Å². The number of benzene rings is 1. The monoisotopic (exact) mass is 294 g/mol. The molecule has 0 amide bonds. The Bertz CT molecular complexity index is 823. The fourth-order valence-electron chi connectivity index (χ4n) is 1.91. The molecule has 0 aliphatic carbocycles. The lowest BCUT2D eigenvalue weighted by Crippen LogP contribution is -2.06. The first-order chi connectivity index (χ1) is 9.86. The largest absolute Gasteiger partial charge is 0.416 e. The van der Waals surface area contributed by atoms with Gasteiger partial charge in [0.1, 0.15) is 17.7 Å². The molecule has 0 atom stereocenters. The lowest BCUT2D eigenvalue weighted by molar-refractivity contribution is -0.137. The van der Waals surface area contributed by atoms with Crippen LogP contribution in [-0.4, -0.2) is 19.9 Å². The smallest absolute Gasteiger partial charge is 0.398 e. The summed E-state index contributed by atoms with van der Waals surface area (Å²) in [5.41, 5.74) is 11.5. The molecule has 2 heterocycles. The van der Waals surface area contributed by atoms with Gasteiger partial charge in [-0.3, -0.25) is 0 Å². The first-order valence-electron chi connectivity index (χ1n) is 5.79. The van der Waals surface area contributed by atoms with E-state index in [0.29, 0.717) is 5.52 Å². The van der Waals surface area contributed by atoms with Crippen molar-refractivity contribution in [1.82, 2.24) is 19.9 Å². The average molecular weight is 294 g/mol. The molecular weight excluding hydrogens is 285 g/mol. The van der Waals surface area contributed by atoms with Gasteiger partial charge >= 0.3 is 6.18 Å². The number of nitrogens with zero attached hydrogens (tertiary/aromatic N) is 3. The summed E-state index contributed by atoms with van der Waals surface area (Å²) in [4.78, 5) is 14.6. The second-order valence-electron chi connectivity index (χ2n) is 4.34. The number of aromatic nitrogens is 4. The van der Waals surface area contributed by atoms with Gasteiger partial charge in [-0.2, -0.15) is 13.2 Å². The molecule has 108 valence electrons. The third kappa shape index (κ3) is 2.22. The molecule has 9 heteroatoms. The zero-order valence-corrected chi connectivity index (χ0v) is 10.4. The molecule has 0 spiro atoms. The molecule has 0 radical (unpaired) electrons. The number of alkyl halides is 3. The fraction of sp³-hybridized carbons (Fsp3) is 0.0833. The SMILES string of the molecule is Nc1ccc(C(F)(F)F)cc1-c1nc2ncnc(N)c2[nH]1. The van der Waals surface area contributed by atoms with Crippen LogP contribution in [0.3, 0.4) is 0 Å². The molecule has 0 aliphatic rings. The lowest BCUT2D eigenvalue weighted by Gasteiger charge is -2.09. The molecule has 0 saturated carbocycles. The van der Waals surface area contributed by atoms with E-state index in [1.54, 1.807) is 0 Å². The van der Waals surface area contributed by atoms with Crippen molar-refractivity contribution < 1.29 is 13.2 Å². The summed E-state index contributed by atoms with van der Waals surface area (Å²) in [6.45, 7) is 0. The van der Waals surface area contributed by atoms with E-state index in [9.17, 15) is 13.2 Å². The normalized spacial score (nSPS) is 12.0. The predicted octanol–water partition coefficient (Wildman–Crippen LogP) is 2.20. The summed E-state index contributed by atoms with van der Waals surface area (Å²) in [5.74, 6) is 0.310. The second kappa shape index (κ2) is 4.33. The van der Waals surface area contributed by atoms with Crippen molar-refractivity contribution in [2.45, 2.75) is 6.18 Å². The van der Waals surface area contributed by atoms with Gasteiger partial charge < -0.3 is 16.5 Å². The van der Waals surface area contributed by atoms with Crippen LogP contribution >= 0.6 is 0 Å². The van der Waals surface area contributed by atoms with E-state index < -0.39 is 11.7 Å². The Kier molecular flexibility index (Phi) is 2.71. The Morgan fingerprint density at radius 3 is 2.52 bits per heavy atom. The van der Waals surface area contributed by atoms with E-state index in [2.05, 4.69) is 19.9 Å². The molecule has 0 aliphatic heterocycles. The van der Waals surface area contributed by atoms with Gasteiger partial charge in [0.2, 0.25) is 0 Å². The minimum atomic E-state index is -4.46. The maximum atomic E-state index is 12.8. The molecule has 0 bridgehead atoms. The van der Waals surface area contributed by atoms with Gasteiger partial charge in [0.25, 0.3) is 0 Å². The number of H-pyrrole nitrogens is 1. The molecule has 3 aromatic rings. The first kappa shape index (κ1) is 13.2. The number of hydrogen-bond donors (Lipinski definition) is 3. The van der Waals surface area contributed by atoms with Gasteiger partial charge in [-0.25, -0.2) is 15.0 Å². The van der Waals surface area contributed by atoms with Gasteiger partial charge in [-0.1, -0.05) is 0 Å². The van der Waals surface area contributed by atoms with E-state index in [1.165, 1.54) is 12.4 Å². The van der Waals surface area contributed by atoms with E-state index in [0.717, 1.165) is 12.1 Å². The Morgan fingerprint density at radius 1 is 1.10 bits per heavy atom. The number of imidazole rings is 1. The fourth-order valence-corrected chi connectivity index (χ4v) is 1.91. The predicted molar refractivity (Wildman–Crippen MR) is 70.9 cm³/mol. The van der Waals surface area contributed by atoms with Crippen LogP contribution in [0.15, 0.2) is 24.5 Å². The van der Waals surface area contributed by atoms with E-state index in [1.807, 2.05) is 0 Å². The highest BCUT2D eigenvalue weighted by atomic mass is 19.4. The maximum absolute atomic E-state index is 12.8. The molecule has 0 saturated heterocycles. The number of rotatable bonds is 1. The molecule has 3 rings (SSSR count). The minimum Gasteiger partial charge on any atom is -0.398 e. The lowest BCUT2D eigenvalue weighted by atomic mass is 10.1. The second-order valence-corrected chi connectivity index (χ2v) is 4.34. The zero-order chi connectivity index (χ0) is 15.2. The Labute approximate surface area is 116 Å². The number of aromatic amines is 1. The summed E-state index contributed by atoms with van der Waals surface area (Å²) in [6, 6.07) is 3.02.